The molecule has 0 fully saturated rings. The Labute approximate surface area is 261 Å². The third-order valence-electron chi connectivity index (χ3n) is 6.84. The van der Waals surface area contributed by atoms with Gasteiger partial charge >= 0.3 is 19.8 Å². The van der Waals surface area contributed by atoms with Gasteiger partial charge in [0.15, 0.2) is 6.10 Å². The van der Waals surface area contributed by atoms with Crippen LogP contribution in [0.2, 0.25) is 0 Å². The van der Waals surface area contributed by atoms with Crippen molar-refractivity contribution in [3.63, 3.8) is 0 Å². The molecule has 0 aromatic carbocycles. The van der Waals surface area contributed by atoms with Crippen molar-refractivity contribution < 1.29 is 37.6 Å². The number of rotatable bonds is 31. The molecule has 43 heavy (non-hydrogen) atoms. The summed E-state index contributed by atoms with van der Waals surface area (Å²) < 4.78 is 32.3. The predicted octanol–water partition coefficient (Wildman–Crippen LogP) is 8.49. The van der Waals surface area contributed by atoms with Gasteiger partial charge in [0.1, 0.15) is 6.61 Å². The molecule has 0 aliphatic heterocycles. The molecule has 0 heterocycles. The molecule has 0 bridgehead atoms. The van der Waals surface area contributed by atoms with E-state index in [1.165, 1.54) is 44.9 Å². The van der Waals surface area contributed by atoms with Crippen LogP contribution in [-0.2, 0) is 32.7 Å². The van der Waals surface area contributed by atoms with Crippen molar-refractivity contribution in [3.8, 4) is 0 Å². The molecular formula is C33H62NO8P. The van der Waals surface area contributed by atoms with Gasteiger partial charge in [-0.3, -0.25) is 18.6 Å². The highest BCUT2D eigenvalue weighted by atomic mass is 31.2. The highest BCUT2D eigenvalue weighted by Crippen LogP contribution is 2.43. The van der Waals surface area contributed by atoms with Gasteiger partial charge in [-0.05, 0) is 44.9 Å². The molecule has 252 valence electrons. The number of carbonyl (C=O) groups excluding carboxylic acids is 2. The number of phosphoric acid groups is 1. The molecule has 0 rings (SSSR count). The molecule has 0 saturated heterocycles. The molecule has 0 saturated carbocycles. The number of unbranched alkanes of at least 4 members (excludes halogenated alkanes) is 14. The van der Waals surface area contributed by atoms with Gasteiger partial charge in [-0.1, -0.05) is 109 Å². The van der Waals surface area contributed by atoms with E-state index in [-0.39, 0.29) is 32.6 Å². The summed E-state index contributed by atoms with van der Waals surface area (Å²) in [6, 6.07) is 0. The second-order valence-electron chi connectivity index (χ2n) is 11.0. The first-order valence-electron chi connectivity index (χ1n) is 16.8. The first kappa shape index (κ1) is 41.5. The summed E-state index contributed by atoms with van der Waals surface area (Å²) in [5, 5.41) is 0. The SMILES string of the molecule is CCCCC/C=C\C/C=C\CCCCCCCCCC(=O)OC(COC(=O)CCCCCCC)COP(=O)(O)OCCN. The van der Waals surface area contributed by atoms with Gasteiger partial charge in [0.05, 0.1) is 13.2 Å². The average Bonchev–Trinajstić information content (AvgIpc) is 2.99. The molecule has 0 aromatic heterocycles. The van der Waals surface area contributed by atoms with Crippen molar-refractivity contribution in [1.29, 1.82) is 0 Å². The summed E-state index contributed by atoms with van der Waals surface area (Å²) >= 11 is 0. The van der Waals surface area contributed by atoms with Crippen LogP contribution >= 0.6 is 7.82 Å². The largest absolute Gasteiger partial charge is 0.472 e. The lowest BCUT2D eigenvalue weighted by atomic mass is 10.1. The van der Waals surface area contributed by atoms with Crippen LogP contribution in [0.25, 0.3) is 0 Å². The second-order valence-corrected chi connectivity index (χ2v) is 12.5. The molecular weight excluding hydrogens is 569 g/mol. The highest BCUT2D eigenvalue weighted by molar-refractivity contribution is 7.47. The lowest BCUT2D eigenvalue weighted by Crippen LogP contribution is -2.29. The minimum absolute atomic E-state index is 0.0525. The summed E-state index contributed by atoms with van der Waals surface area (Å²) in [5.74, 6) is -0.854. The number of hydrogen-bond acceptors (Lipinski definition) is 8. The molecule has 0 radical (unpaired) electrons. The van der Waals surface area contributed by atoms with Crippen LogP contribution in [0.15, 0.2) is 24.3 Å². The van der Waals surface area contributed by atoms with Gasteiger partial charge in [-0.25, -0.2) is 4.57 Å². The lowest BCUT2D eigenvalue weighted by Gasteiger charge is -2.19. The van der Waals surface area contributed by atoms with Crippen LogP contribution in [0.3, 0.4) is 0 Å². The van der Waals surface area contributed by atoms with E-state index in [2.05, 4.69) is 38.2 Å². The Balaban J connectivity index is 4.17. The molecule has 9 nitrogen and oxygen atoms in total. The van der Waals surface area contributed by atoms with E-state index in [1.807, 2.05) is 0 Å². The standard InChI is InChI=1S/C33H62NO8P/c1-3-5-7-9-10-11-12-13-14-15-16-17-18-19-20-22-24-26-33(36)42-31(30-41-43(37,38)40-28-27-34)29-39-32(35)25-23-21-8-6-4-2/h10-11,13-14,31H,3-9,12,15-30,34H2,1-2H3,(H,37,38)/b11-10-,14-13-. The Morgan fingerprint density at radius 2 is 1.21 bits per heavy atom. The van der Waals surface area contributed by atoms with E-state index in [0.29, 0.717) is 6.42 Å². The Morgan fingerprint density at radius 3 is 1.81 bits per heavy atom. The summed E-state index contributed by atoms with van der Waals surface area (Å²) in [5.41, 5.74) is 5.30. The third-order valence-corrected chi connectivity index (χ3v) is 7.82. The van der Waals surface area contributed by atoms with Crippen LogP contribution in [0.1, 0.15) is 142 Å². The Bertz CT molecular complexity index is 774. The maximum absolute atomic E-state index is 12.4. The Morgan fingerprint density at radius 1 is 0.698 bits per heavy atom. The summed E-state index contributed by atoms with van der Waals surface area (Å²) in [6.07, 6.45) is 28.2. The maximum atomic E-state index is 12.4. The first-order valence-corrected chi connectivity index (χ1v) is 18.3. The molecule has 0 aliphatic rings. The zero-order valence-electron chi connectivity index (χ0n) is 27.2. The molecule has 2 unspecified atom stereocenters. The molecule has 0 aliphatic carbocycles. The number of ether oxygens (including phenoxy) is 2. The zero-order valence-corrected chi connectivity index (χ0v) is 28.1. The van der Waals surface area contributed by atoms with Crippen LogP contribution in [0.4, 0.5) is 0 Å². The van der Waals surface area contributed by atoms with Gasteiger partial charge in [-0.15, -0.1) is 0 Å². The minimum Gasteiger partial charge on any atom is -0.462 e. The topological polar surface area (TPSA) is 134 Å². The summed E-state index contributed by atoms with van der Waals surface area (Å²) in [6.45, 7) is 3.57. The minimum atomic E-state index is -4.36. The van der Waals surface area contributed by atoms with Crippen LogP contribution in [0, 0.1) is 0 Å². The normalized spacial score (nSPS) is 13.9. The van der Waals surface area contributed by atoms with E-state index in [0.717, 1.165) is 64.2 Å². The Kier molecular flexibility index (Phi) is 29.4. The van der Waals surface area contributed by atoms with Gasteiger partial charge < -0.3 is 20.1 Å². The van der Waals surface area contributed by atoms with Gasteiger partial charge in [0.2, 0.25) is 0 Å². The van der Waals surface area contributed by atoms with Crippen molar-refractivity contribution in [2.75, 3.05) is 26.4 Å². The van der Waals surface area contributed by atoms with Crippen LogP contribution < -0.4 is 5.73 Å². The van der Waals surface area contributed by atoms with Crippen molar-refractivity contribution in [1.82, 2.24) is 0 Å². The fourth-order valence-electron chi connectivity index (χ4n) is 4.31. The smallest absolute Gasteiger partial charge is 0.462 e. The molecule has 0 amide bonds. The number of phosphoric ester groups is 1. The molecule has 2 atom stereocenters. The van der Waals surface area contributed by atoms with E-state index < -0.39 is 32.5 Å². The average molecular weight is 632 g/mol. The monoisotopic (exact) mass is 631 g/mol. The summed E-state index contributed by atoms with van der Waals surface area (Å²) in [4.78, 5) is 34.3. The predicted molar refractivity (Wildman–Crippen MR) is 174 cm³/mol. The van der Waals surface area contributed by atoms with Crippen molar-refractivity contribution >= 4 is 19.8 Å². The van der Waals surface area contributed by atoms with Gasteiger partial charge in [0, 0.05) is 19.4 Å². The number of carbonyl (C=O) groups is 2. The Hall–Kier alpha value is -1.51. The fourth-order valence-corrected chi connectivity index (χ4v) is 5.07. The third kappa shape index (κ3) is 30.3. The van der Waals surface area contributed by atoms with E-state index >= 15 is 0 Å². The fraction of sp³-hybridized carbons (Fsp3) is 0.818. The number of allylic oxidation sites excluding steroid dienone is 4. The first-order chi connectivity index (χ1) is 20.8. The molecule has 10 heteroatoms. The highest BCUT2D eigenvalue weighted by Gasteiger charge is 2.25. The lowest BCUT2D eigenvalue weighted by molar-refractivity contribution is -0.161. The molecule has 0 spiro atoms. The van der Waals surface area contributed by atoms with Crippen LogP contribution in [0.5, 0.6) is 0 Å². The molecule has 3 N–H and O–H groups in total. The van der Waals surface area contributed by atoms with Gasteiger partial charge in [0.25, 0.3) is 0 Å². The van der Waals surface area contributed by atoms with E-state index in [9.17, 15) is 19.0 Å². The van der Waals surface area contributed by atoms with Gasteiger partial charge in [-0.2, -0.15) is 0 Å². The number of esters is 2. The van der Waals surface area contributed by atoms with Crippen molar-refractivity contribution in [2.24, 2.45) is 5.73 Å². The van der Waals surface area contributed by atoms with Crippen molar-refractivity contribution in [2.45, 2.75) is 148 Å². The second kappa shape index (κ2) is 30.5. The quantitative estimate of drug-likeness (QED) is 0.0334. The van der Waals surface area contributed by atoms with E-state index in [4.69, 9.17) is 24.3 Å². The number of hydrogen-bond donors (Lipinski definition) is 2. The summed E-state index contributed by atoms with van der Waals surface area (Å²) in [7, 11) is -4.36. The van der Waals surface area contributed by atoms with Crippen LogP contribution in [-0.4, -0.2) is 49.3 Å². The number of nitrogens with two attached hydrogens (primary N) is 1. The van der Waals surface area contributed by atoms with Crippen molar-refractivity contribution in [3.05, 3.63) is 24.3 Å². The maximum Gasteiger partial charge on any atom is 0.472 e. The zero-order chi connectivity index (χ0) is 31.9. The molecule has 0 aromatic rings. The van der Waals surface area contributed by atoms with E-state index in [1.54, 1.807) is 0 Å².